The van der Waals surface area contributed by atoms with Gasteiger partial charge in [0.2, 0.25) is 10.0 Å². The number of aliphatic carboxylic acids is 1. The maximum absolute atomic E-state index is 13.4. The molecule has 1 atom stereocenters. The summed E-state index contributed by atoms with van der Waals surface area (Å²) in [4.78, 5) is 10.8. The van der Waals surface area contributed by atoms with E-state index in [9.17, 15) is 22.0 Å². The average Bonchev–Trinajstić information content (AvgIpc) is 2.81. The molecule has 1 saturated heterocycles. The van der Waals surface area contributed by atoms with E-state index >= 15 is 0 Å². The van der Waals surface area contributed by atoms with Crippen molar-refractivity contribution in [3.8, 4) is 0 Å². The van der Waals surface area contributed by atoms with Crippen LogP contribution < -0.4 is 0 Å². The molecular formula is C10H11F2NO4S2. The lowest BCUT2D eigenvalue weighted by atomic mass is 9.95. The molecule has 1 N–H and O–H groups in total. The first-order valence-corrected chi connectivity index (χ1v) is 7.76. The van der Waals surface area contributed by atoms with Gasteiger partial charge in [0.05, 0.1) is 4.90 Å². The van der Waals surface area contributed by atoms with Crippen molar-refractivity contribution < 1.29 is 27.1 Å². The van der Waals surface area contributed by atoms with E-state index in [-0.39, 0.29) is 11.4 Å². The zero-order valence-corrected chi connectivity index (χ0v) is 11.3. The third kappa shape index (κ3) is 2.63. The second kappa shape index (κ2) is 4.80. The molecule has 1 aliphatic heterocycles. The van der Waals surface area contributed by atoms with Crippen LogP contribution in [0.15, 0.2) is 21.7 Å². The van der Waals surface area contributed by atoms with Gasteiger partial charge in [-0.25, -0.2) is 17.2 Å². The molecule has 0 bridgehead atoms. The van der Waals surface area contributed by atoms with Crippen LogP contribution >= 0.6 is 11.3 Å². The summed E-state index contributed by atoms with van der Waals surface area (Å²) in [6.45, 7) is -1.09. The lowest BCUT2D eigenvalue weighted by Gasteiger charge is -2.35. The van der Waals surface area contributed by atoms with E-state index in [1.807, 2.05) is 0 Å². The number of carboxylic acid groups (broad SMARTS) is 1. The molecule has 1 aromatic rings. The number of hydrogen-bond acceptors (Lipinski definition) is 4. The topological polar surface area (TPSA) is 74.7 Å². The summed E-state index contributed by atoms with van der Waals surface area (Å²) in [5.41, 5.74) is 0. The van der Waals surface area contributed by atoms with Gasteiger partial charge in [0.15, 0.2) is 0 Å². The molecule has 2 heterocycles. The largest absolute Gasteiger partial charge is 0.481 e. The Balaban J connectivity index is 2.27. The summed E-state index contributed by atoms with van der Waals surface area (Å²) >= 11 is 1.17. The Morgan fingerprint density at radius 3 is 2.74 bits per heavy atom. The third-order valence-electron chi connectivity index (χ3n) is 3.02. The van der Waals surface area contributed by atoms with Gasteiger partial charge in [-0.1, -0.05) is 0 Å². The van der Waals surface area contributed by atoms with E-state index in [2.05, 4.69) is 0 Å². The number of halogens is 2. The first-order chi connectivity index (χ1) is 8.75. The summed E-state index contributed by atoms with van der Waals surface area (Å²) in [5, 5.41) is 11.7. The van der Waals surface area contributed by atoms with E-state index in [1.165, 1.54) is 22.8 Å². The molecule has 1 unspecified atom stereocenters. The third-order valence-corrected chi connectivity index (χ3v) is 5.72. The van der Waals surface area contributed by atoms with Crippen molar-refractivity contribution in [2.24, 2.45) is 5.92 Å². The minimum atomic E-state index is -3.89. The quantitative estimate of drug-likeness (QED) is 0.917. The molecule has 9 heteroatoms. The summed E-state index contributed by atoms with van der Waals surface area (Å²) in [6, 6.07) is 1.36. The monoisotopic (exact) mass is 311 g/mol. The fourth-order valence-corrected chi connectivity index (χ4v) is 4.37. The molecule has 5 nitrogen and oxygen atoms in total. The summed E-state index contributed by atoms with van der Waals surface area (Å²) in [7, 11) is -3.89. The van der Waals surface area contributed by atoms with Crippen LogP contribution in [0.25, 0.3) is 0 Å². The van der Waals surface area contributed by atoms with E-state index in [0.29, 0.717) is 0 Å². The van der Waals surface area contributed by atoms with E-state index < -0.39 is 40.8 Å². The lowest BCUT2D eigenvalue weighted by molar-refractivity contribution is -0.163. The van der Waals surface area contributed by atoms with Crippen molar-refractivity contribution in [1.29, 1.82) is 0 Å². The molecule has 0 aromatic carbocycles. The second-order valence-electron chi connectivity index (χ2n) is 4.22. The number of rotatable bonds is 3. The summed E-state index contributed by atoms with van der Waals surface area (Å²) in [6.07, 6.45) is -0.784. The molecule has 106 valence electrons. The molecule has 1 aliphatic rings. The van der Waals surface area contributed by atoms with Crippen LogP contribution in [0.2, 0.25) is 0 Å². The lowest BCUT2D eigenvalue weighted by Crippen LogP contribution is -2.51. The highest BCUT2D eigenvalue weighted by atomic mass is 32.2. The second-order valence-corrected chi connectivity index (χ2v) is 6.94. The Bertz CT molecular complexity index is 570. The molecule has 0 aliphatic carbocycles. The Labute approximate surface area is 112 Å². The van der Waals surface area contributed by atoms with Crippen molar-refractivity contribution in [3.63, 3.8) is 0 Å². The first-order valence-electron chi connectivity index (χ1n) is 5.38. The molecule has 0 amide bonds. The molecule has 1 aromatic heterocycles. The van der Waals surface area contributed by atoms with Gasteiger partial charge in [0.1, 0.15) is 5.92 Å². The SMILES string of the molecule is O=C(O)C1CN(S(=O)(=O)c2ccsc2)CCC1(F)F. The predicted molar refractivity (Wildman–Crippen MR) is 63.8 cm³/mol. The average molecular weight is 311 g/mol. The maximum Gasteiger partial charge on any atom is 0.313 e. The minimum absolute atomic E-state index is 0.00635. The molecule has 0 saturated carbocycles. The Morgan fingerprint density at radius 1 is 1.53 bits per heavy atom. The number of thiophene rings is 1. The van der Waals surface area contributed by atoms with Crippen molar-refractivity contribution >= 4 is 27.3 Å². The van der Waals surface area contributed by atoms with Gasteiger partial charge in [0.25, 0.3) is 5.92 Å². The van der Waals surface area contributed by atoms with Crippen LogP contribution in [0.3, 0.4) is 0 Å². The number of sulfonamides is 1. The zero-order chi connectivity index (χ0) is 14.3. The fraction of sp³-hybridized carbons (Fsp3) is 0.500. The molecule has 0 radical (unpaired) electrons. The predicted octanol–water partition coefficient (Wildman–Crippen LogP) is 1.48. The maximum atomic E-state index is 13.4. The van der Waals surface area contributed by atoms with Crippen molar-refractivity contribution in [2.75, 3.05) is 13.1 Å². The Hall–Kier alpha value is -1.06. The van der Waals surface area contributed by atoms with E-state index in [1.54, 1.807) is 5.38 Å². The van der Waals surface area contributed by atoms with Crippen LogP contribution in [0.1, 0.15) is 6.42 Å². The standard InChI is InChI=1S/C10H11F2NO4S2/c11-10(12)2-3-13(5-8(10)9(14)15)19(16,17)7-1-4-18-6-7/h1,4,6,8H,2-3,5H2,(H,14,15). The molecule has 19 heavy (non-hydrogen) atoms. The van der Waals surface area contributed by atoms with Gasteiger partial charge < -0.3 is 5.11 Å². The van der Waals surface area contributed by atoms with Crippen molar-refractivity contribution in [1.82, 2.24) is 4.31 Å². The summed E-state index contributed by atoms with van der Waals surface area (Å²) in [5.74, 6) is -7.07. The smallest absolute Gasteiger partial charge is 0.313 e. The van der Waals surface area contributed by atoms with Gasteiger partial charge >= 0.3 is 5.97 Å². The highest BCUT2D eigenvalue weighted by Gasteiger charge is 2.50. The zero-order valence-electron chi connectivity index (χ0n) is 9.62. The van der Waals surface area contributed by atoms with Gasteiger partial charge in [0, 0.05) is 24.9 Å². The van der Waals surface area contributed by atoms with Crippen molar-refractivity contribution in [3.05, 3.63) is 16.8 Å². The van der Waals surface area contributed by atoms with Gasteiger partial charge in [-0.15, -0.1) is 0 Å². The molecule has 0 spiro atoms. The molecule has 1 fully saturated rings. The van der Waals surface area contributed by atoms with Crippen molar-refractivity contribution in [2.45, 2.75) is 17.2 Å². The van der Waals surface area contributed by atoms with E-state index in [0.717, 1.165) is 4.31 Å². The fourth-order valence-electron chi connectivity index (χ4n) is 1.90. The number of alkyl halides is 2. The Morgan fingerprint density at radius 2 is 2.21 bits per heavy atom. The van der Waals surface area contributed by atoms with Crippen LogP contribution in [0, 0.1) is 5.92 Å². The van der Waals surface area contributed by atoms with Crippen LogP contribution in [0.4, 0.5) is 8.78 Å². The minimum Gasteiger partial charge on any atom is -0.481 e. The highest BCUT2D eigenvalue weighted by molar-refractivity contribution is 7.89. The number of carbonyl (C=O) groups is 1. The highest BCUT2D eigenvalue weighted by Crippen LogP contribution is 2.35. The number of piperidine rings is 1. The normalized spacial score (nSPS) is 24.2. The van der Waals surface area contributed by atoms with Gasteiger partial charge in [-0.3, -0.25) is 4.79 Å². The van der Waals surface area contributed by atoms with Crippen LogP contribution in [-0.2, 0) is 14.8 Å². The van der Waals surface area contributed by atoms with E-state index in [4.69, 9.17) is 5.11 Å². The number of nitrogens with zero attached hydrogens (tertiary/aromatic N) is 1. The Kier molecular flexibility index (Phi) is 3.63. The number of carboxylic acids is 1. The van der Waals surface area contributed by atoms with Crippen LogP contribution in [0.5, 0.6) is 0 Å². The van der Waals surface area contributed by atoms with Crippen LogP contribution in [-0.4, -0.2) is 42.8 Å². The molecular weight excluding hydrogens is 300 g/mol. The van der Waals surface area contributed by atoms with Gasteiger partial charge in [-0.2, -0.15) is 15.6 Å². The summed E-state index contributed by atoms with van der Waals surface area (Å²) < 4.78 is 51.9. The first kappa shape index (κ1) is 14.4. The molecule has 2 rings (SSSR count). The van der Waals surface area contributed by atoms with Gasteiger partial charge in [-0.05, 0) is 11.4 Å². The number of hydrogen-bond donors (Lipinski definition) is 1.